The van der Waals surface area contributed by atoms with E-state index in [0.717, 1.165) is 60.1 Å². The van der Waals surface area contributed by atoms with Gasteiger partial charge in [0, 0.05) is 86.6 Å². The lowest BCUT2D eigenvalue weighted by Crippen LogP contribution is -2.47. The van der Waals surface area contributed by atoms with Crippen molar-refractivity contribution in [3.8, 4) is 11.3 Å². The van der Waals surface area contributed by atoms with Crippen LogP contribution in [0.2, 0.25) is 0 Å². The molecule has 6 rings (SSSR count). The maximum Gasteiger partial charge on any atom is 0.256 e. The summed E-state index contributed by atoms with van der Waals surface area (Å²) in [7, 11) is 1.91. The molecule has 0 aromatic carbocycles. The van der Waals surface area contributed by atoms with E-state index in [4.69, 9.17) is 4.98 Å². The second kappa shape index (κ2) is 8.49. The lowest BCUT2D eigenvalue weighted by Gasteiger charge is -2.37. The molecule has 0 unspecified atom stereocenters. The van der Waals surface area contributed by atoms with Crippen LogP contribution in [0.1, 0.15) is 23.2 Å². The van der Waals surface area contributed by atoms with Gasteiger partial charge in [-0.2, -0.15) is 5.10 Å². The van der Waals surface area contributed by atoms with Crippen molar-refractivity contribution in [2.75, 3.05) is 36.4 Å². The van der Waals surface area contributed by atoms with Gasteiger partial charge in [0.15, 0.2) is 0 Å². The predicted octanol–water partition coefficient (Wildman–Crippen LogP) is 2.96. The first-order valence-corrected chi connectivity index (χ1v) is 11.6. The molecule has 1 aliphatic carbocycles. The molecule has 0 bridgehead atoms. The van der Waals surface area contributed by atoms with Gasteiger partial charge < -0.3 is 10.2 Å². The fourth-order valence-corrected chi connectivity index (χ4v) is 4.58. The number of carbonyl (C=O) groups excluding carboxylic acids is 1. The number of rotatable bonds is 5. The van der Waals surface area contributed by atoms with Crippen LogP contribution in [0.4, 0.5) is 11.5 Å². The molecule has 1 saturated carbocycles. The number of hydrogen-bond donors (Lipinski definition) is 1. The number of piperazine rings is 1. The Morgan fingerprint density at radius 1 is 1.06 bits per heavy atom. The maximum absolute atomic E-state index is 12.6. The summed E-state index contributed by atoms with van der Waals surface area (Å²) in [4.78, 5) is 31.1. The van der Waals surface area contributed by atoms with E-state index in [1.165, 1.54) is 12.8 Å². The minimum atomic E-state index is -0.230. The molecular weight excluding hydrogens is 428 g/mol. The molecule has 9 nitrogen and oxygen atoms in total. The molecule has 1 aliphatic heterocycles. The summed E-state index contributed by atoms with van der Waals surface area (Å²) in [5, 5.41) is 8.17. The SMILES string of the molecule is Cn1cc(-c2nc3cc(NC(=O)c4ccncc4)ncc3cc2N2CCN(C3CC3)CC2)cn1. The summed E-state index contributed by atoms with van der Waals surface area (Å²) in [5.41, 5.74) is 4.29. The van der Waals surface area contributed by atoms with Crippen LogP contribution in [0.15, 0.2) is 55.2 Å². The molecule has 2 fully saturated rings. The Labute approximate surface area is 197 Å². The lowest BCUT2D eigenvalue weighted by atomic mass is 10.1. The topological polar surface area (TPSA) is 92.1 Å². The van der Waals surface area contributed by atoms with E-state index in [1.807, 2.05) is 25.5 Å². The molecule has 2 aliphatic rings. The number of anilines is 2. The van der Waals surface area contributed by atoms with Gasteiger partial charge in [0.05, 0.1) is 23.1 Å². The zero-order valence-corrected chi connectivity index (χ0v) is 19.1. The molecule has 5 heterocycles. The molecule has 0 spiro atoms. The van der Waals surface area contributed by atoms with Crippen LogP contribution in [-0.2, 0) is 7.05 Å². The van der Waals surface area contributed by atoms with Crippen molar-refractivity contribution in [3.63, 3.8) is 0 Å². The number of nitrogens with zero attached hydrogens (tertiary/aromatic N) is 7. The zero-order valence-electron chi connectivity index (χ0n) is 19.1. The standard InChI is InChI=1S/C25H26N8O/c1-31-16-19(15-28-31)24-22(33-10-8-32(9-11-33)20-2-3-20)12-18-14-27-23(13-21(18)29-24)30-25(34)17-4-6-26-7-5-17/h4-7,12-16,20H,2-3,8-11H2,1H3,(H,27,30,34). The van der Waals surface area contributed by atoms with Gasteiger partial charge in [-0.3, -0.25) is 19.4 Å². The second-order valence-electron chi connectivity index (χ2n) is 8.97. The molecular formula is C25H26N8O. The molecule has 1 amide bonds. The van der Waals surface area contributed by atoms with Crippen LogP contribution in [0.25, 0.3) is 22.2 Å². The Kier molecular flexibility index (Phi) is 5.18. The average molecular weight is 455 g/mol. The number of hydrogen-bond acceptors (Lipinski definition) is 7. The van der Waals surface area contributed by atoms with Gasteiger partial charge in [0.1, 0.15) is 5.82 Å². The summed E-state index contributed by atoms with van der Waals surface area (Å²) >= 11 is 0. The number of pyridine rings is 3. The molecule has 172 valence electrons. The van der Waals surface area contributed by atoms with Crippen molar-refractivity contribution in [3.05, 3.63) is 60.8 Å². The first kappa shape index (κ1) is 20.7. The quantitative estimate of drug-likeness (QED) is 0.496. The summed E-state index contributed by atoms with van der Waals surface area (Å²) in [5.74, 6) is 0.233. The number of carbonyl (C=O) groups is 1. The summed E-state index contributed by atoms with van der Waals surface area (Å²) < 4.78 is 1.79. The Hall–Kier alpha value is -3.85. The molecule has 4 aromatic rings. The van der Waals surface area contributed by atoms with Crippen LogP contribution in [0.5, 0.6) is 0 Å². The van der Waals surface area contributed by atoms with E-state index in [9.17, 15) is 4.79 Å². The van der Waals surface area contributed by atoms with Crippen LogP contribution in [0.3, 0.4) is 0 Å². The Morgan fingerprint density at radius 3 is 2.56 bits per heavy atom. The monoisotopic (exact) mass is 454 g/mol. The van der Waals surface area contributed by atoms with Gasteiger partial charge in [-0.05, 0) is 31.0 Å². The highest BCUT2D eigenvalue weighted by molar-refractivity contribution is 6.04. The maximum atomic E-state index is 12.6. The molecule has 0 radical (unpaired) electrons. The van der Waals surface area contributed by atoms with Crippen molar-refractivity contribution >= 4 is 28.3 Å². The Morgan fingerprint density at radius 2 is 1.85 bits per heavy atom. The third-order valence-electron chi connectivity index (χ3n) is 6.56. The van der Waals surface area contributed by atoms with E-state index in [-0.39, 0.29) is 5.91 Å². The minimum absolute atomic E-state index is 0.230. The van der Waals surface area contributed by atoms with Crippen molar-refractivity contribution < 1.29 is 4.79 Å². The van der Waals surface area contributed by atoms with E-state index >= 15 is 0 Å². The Bertz CT molecular complexity index is 1340. The normalized spacial score (nSPS) is 16.7. The third kappa shape index (κ3) is 4.10. The summed E-state index contributed by atoms with van der Waals surface area (Å²) in [6, 6.07) is 8.12. The third-order valence-corrected chi connectivity index (χ3v) is 6.56. The molecule has 4 aromatic heterocycles. The zero-order chi connectivity index (χ0) is 23.1. The van der Waals surface area contributed by atoms with Gasteiger partial charge in [-0.1, -0.05) is 0 Å². The van der Waals surface area contributed by atoms with Gasteiger partial charge in [0.25, 0.3) is 5.91 Å². The van der Waals surface area contributed by atoms with Crippen molar-refractivity contribution in [2.45, 2.75) is 18.9 Å². The van der Waals surface area contributed by atoms with Gasteiger partial charge in [-0.15, -0.1) is 0 Å². The lowest BCUT2D eigenvalue weighted by molar-refractivity contribution is 0.102. The first-order valence-electron chi connectivity index (χ1n) is 11.6. The number of aryl methyl sites for hydroxylation is 1. The molecule has 34 heavy (non-hydrogen) atoms. The molecule has 1 N–H and O–H groups in total. The van der Waals surface area contributed by atoms with E-state index in [2.05, 4.69) is 36.2 Å². The Balaban J connectivity index is 1.34. The highest BCUT2D eigenvalue weighted by Crippen LogP contribution is 2.34. The average Bonchev–Trinajstić information content (AvgIpc) is 3.64. The number of amides is 1. The van der Waals surface area contributed by atoms with Crippen LogP contribution in [0, 0.1) is 0 Å². The smallest absolute Gasteiger partial charge is 0.256 e. The van der Waals surface area contributed by atoms with E-state index in [0.29, 0.717) is 11.4 Å². The van der Waals surface area contributed by atoms with Crippen molar-refractivity contribution in [2.24, 2.45) is 7.05 Å². The first-order chi connectivity index (χ1) is 16.6. The van der Waals surface area contributed by atoms with E-state index < -0.39 is 0 Å². The van der Waals surface area contributed by atoms with Gasteiger partial charge in [-0.25, -0.2) is 9.97 Å². The van der Waals surface area contributed by atoms with Gasteiger partial charge >= 0.3 is 0 Å². The second-order valence-corrected chi connectivity index (χ2v) is 8.97. The van der Waals surface area contributed by atoms with Crippen molar-refractivity contribution in [1.29, 1.82) is 0 Å². The summed E-state index contributed by atoms with van der Waals surface area (Å²) in [6.07, 6.45) is 11.5. The van der Waals surface area contributed by atoms with Gasteiger partial charge in [0.2, 0.25) is 0 Å². The van der Waals surface area contributed by atoms with E-state index in [1.54, 1.807) is 35.4 Å². The molecule has 0 atom stereocenters. The number of fused-ring (bicyclic) bond motifs is 1. The minimum Gasteiger partial charge on any atom is -0.367 e. The van der Waals surface area contributed by atoms with Crippen LogP contribution >= 0.6 is 0 Å². The molecule has 9 heteroatoms. The fourth-order valence-electron chi connectivity index (χ4n) is 4.58. The number of aromatic nitrogens is 5. The predicted molar refractivity (Wildman–Crippen MR) is 131 cm³/mol. The van der Waals surface area contributed by atoms with Crippen LogP contribution < -0.4 is 10.2 Å². The highest BCUT2D eigenvalue weighted by Gasteiger charge is 2.32. The number of nitrogens with one attached hydrogen (secondary N) is 1. The van der Waals surface area contributed by atoms with Crippen LogP contribution in [-0.4, -0.2) is 67.8 Å². The highest BCUT2D eigenvalue weighted by atomic mass is 16.1. The van der Waals surface area contributed by atoms with Crippen molar-refractivity contribution in [1.82, 2.24) is 29.6 Å². The fraction of sp³-hybridized carbons (Fsp3) is 0.320. The molecule has 1 saturated heterocycles. The summed E-state index contributed by atoms with van der Waals surface area (Å²) in [6.45, 7) is 4.11. The largest absolute Gasteiger partial charge is 0.367 e.